The van der Waals surface area contributed by atoms with Crippen LogP contribution in [0.15, 0.2) is 17.5 Å². The zero-order chi connectivity index (χ0) is 18.5. The summed E-state index contributed by atoms with van der Waals surface area (Å²) in [6.45, 7) is 1.75. The summed E-state index contributed by atoms with van der Waals surface area (Å²) in [6.07, 6.45) is 3.53. The summed E-state index contributed by atoms with van der Waals surface area (Å²) in [4.78, 5) is 42.6. The Hall–Kier alpha value is -1.93. The predicted octanol–water partition coefficient (Wildman–Crippen LogP) is 0.857. The molecule has 8 heteroatoms. The third kappa shape index (κ3) is 2.95. The molecular formula is C19H23N3O4S. The average molecular weight is 389 g/mol. The van der Waals surface area contributed by atoms with Gasteiger partial charge in [-0.15, -0.1) is 11.3 Å². The third-order valence-electron chi connectivity index (χ3n) is 6.12. The van der Waals surface area contributed by atoms with E-state index in [1.165, 1.54) is 24.2 Å². The molecule has 0 radical (unpaired) electrons. The Morgan fingerprint density at radius 3 is 2.59 bits per heavy atom. The molecule has 5 rings (SSSR count). The maximum Gasteiger partial charge on any atom is 0.261 e. The number of nitrogens with one attached hydrogen (secondary N) is 1. The van der Waals surface area contributed by atoms with E-state index in [0.29, 0.717) is 43.3 Å². The minimum atomic E-state index is -0.583. The SMILES string of the molecule is O=C(N[C@H]1CCN2C(=O)[C@@H]3[C@H](OCC4CC4)CCN3C(=O)[C@H]12)c1cccs1. The van der Waals surface area contributed by atoms with E-state index in [1.54, 1.807) is 15.9 Å². The Morgan fingerprint density at radius 2 is 1.85 bits per heavy atom. The normalized spacial score (nSPS) is 32.6. The first-order chi connectivity index (χ1) is 13.1. The summed E-state index contributed by atoms with van der Waals surface area (Å²) in [5.41, 5.74) is 0. The molecule has 144 valence electrons. The van der Waals surface area contributed by atoms with Gasteiger partial charge in [0, 0.05) is 19.7 Å². The highest BCUT2D eigenvalue weighted by atomic mass is 32.1. The number of thiophene rings is 1. The largest absolute Gasteiger partial charge is 0.375 e. The summed E-state index contributed by atoms with van der Waals surface area (Å²) in [5, 5.41) is 4.82. The molecule has 3 aliphatic heterocycles. The molecule has 1 N–H and O–H groups in total. The number of hydrogen-bond acceptors (Lipinski definition) is 5. The fourth-order valence-corrected chi connectivity index (χ4v) is 5.13. The van der Waals surface area contributed by atoms with Crippen molar-refractivity contribution in [1.29, 1.82) is 0 Å². The van der Waals surface area contributed by atoms with Crippen molar-refractivity contribution in [2.75, 3.05) is 19.7 Å². The average Bonchev–Trinajstić information content (AvgIpc) is 3.08. The standard InChI is InChI=1S/C19H23N3O4S/c23-17(14-2-1-9-27-14)20-12-5-7-21-15(12)18(24)22-8-6-13(16(22)19(21)25)26-10-11-3-4-11/h1-2,9,11-13,15-16H,3-8,10H2,(H,20,23)/t12-,13+,15-,16-/m0/s1. The molecule has 7 nitrogen and oxygen atoms in total. The zero-order valence-electron chi connectivity index (χ0n) is 15.0. The van der Waals surface area contributed by atoms with E-state index in [1.807, 2.05) is 11.4 Å². The Morgan fingerprint density at radius 1 is 1.11 bits per heavy atom. The number of piperazine rings is 1. The van der Waals surface area contributed by atoms with Gasteiger partial charge in [0.05, 0.1) is 17.0 Å². The minimum Gasteiger partial charge on any atom is -0.375 e. The minimum absolute atomic E-state index is 0.0224. The van der Waals surface area contributed by atoms with E-state index in [9.17, 15) is 14.4 Å². The van der Waals surface area contributed by atoms with Crippen molar-refractivity contribution in [1.82, 2.24) is 15.1 Å². The van der Waals surface area contributed by atoms with E-state index in [0.717, 1.165) is 0 Å². The molecule has 27 heavy (non-hydrogen) atoms. The molecule has 1 aromatic rings. The second kappa shape index (κ2) is 6.60. The van der Waals surface area contributed by atoms with Crippen LogP contribution in [-0.2, 0) is 14.3 Å². The first kappa shape index (κ1) is 17.2. The van der Waals surface area contributed by atoms with Gasteiger partial charge in [-0.25, -0.2) is 0 Å². The molecule has 0 spiro atoms. The molecule has 4 fully saturated rings. The molecule has 1 aromatic heterocycles. The van der Waals surface area contributed by atoms with Crippen molar-refractivity contribution >= 4 is 29.1 Å². The van der Waals surface area contributed by atoms with Gasteiger partial charge in [-0.2, -0.15) is 0 Å². The van der Waals surface area contributed by atoms with Crippen LogP contribution in [0.2, 0.25) is 0 Å². The van der Waals surface area contributed by atoms with Crippen LogP contribution in [0.5, 0.6) is 0 Å². The second-order valence-electron chi connectivity index (χ2n) is 7.90. The number of nitrogens with zero attached hydrogens (tertiary/aromatic N) is 2. The molecule has 4 atom stereocenters. The van der Waals surface area contributed by atoms with Gasteiger partial charge in [0.2, 0.25) is 11.8 Å². The van der Waals surface area contributed by atoms with Crippen molar-refractivity contribution in [3.63, 3.8) is 0 Å². The maximum atomic E-state index is 13.1. The molecule has 1 saturated carbocycles. The summed E-state index contributed by atoms with van der Waals surface area (Å²) in [5.74, 6) is 0.382. The van der Waals surface area contributed by atoms with Crippen molar-refractivity contribution in [3.05, 3.63) is 22.4 Å². The van der Waals surface area contributed by atoms with Crippen molar-refractivity contribution in [2.24, 2.45) is 5.92 Å². The zero-order valence-corrected chi connectivity index (χ0v) is 15.8. The van der Waals surface area contributed by atoms with E-state index in [-0.39, 0.29) is 29.9 Å². The number of hydrogen-bond donors (Lipinski definition) is 1. The van der Waals surface area contributed by atoms with Crippen LogP contribution in [0.4, 0.5) is 0 Å². The van der Waals surface area contributed by atoms with Gasteiger partial charge < -0.3 is 19.9 Å². The van der Waals surface area contributed by atoms with E-state index in [4.69, 9.17) is 4.74 Å². The Bertz CT molecular complexity index is 763. The van der Waals surface area contributed by atoms with Gasteiger partial charge in [-0.1, -0.05) is 6.07 Å². The summed E-state index contributed by atoms with van der Waals surface area (Å²) in [6, 6.07) is 2.19. The monoisotopic (exact) mass is 389 g/mol. The molecule has 3 amide bonds. The van der Waals surface area contributed by atoms with Crippen LogP contribution in [-0.4, -0.2) is 71.4 Å². The van der Waals surface area contributed by atoms with Crippen molar-refractivity contribution in [3.8, 4) is 0 Å². The van der Waals surface area contributed by atoms with Crippen LogP contribution in [0.25, 0.3) is 0 Å². The van der Waals surface area contributed by atoms with Crippen LogP contribution < -0.4 is 5.32 Å². The molecular weight excluding hydrogens is 366 g/mol. The van der Waals surface area contributed by atoms with Crippen LogP contribution in [0.3, 0.4) is 0 Å². The molecule has 0 aromatic carbocycles. The number of amides is 3. The third-order valence-corrected chi connectivity index (χ3v) is 6.99. The lowest BCUT2D eigenvalue weighted by Crippen LogP contribution is -2.66. The fraction of sp³-hybridized carbons (Fsp3) is 0.632. The van der Waals surface area contributed by atoms with Gasteiger partial charge in [0.25, 0.3) is 5.91 Å². The first-order valence-corrected chi connectivity index (χ1v) is 10.6. The van der Waals surface area contributed by atoms with Crippen LogP contribution in [0.1, 0.15) is 35.4 Å². The second-order valence-corrected chi connectivity index (χ2v) is 8.85. The Kier molecular flexibility index (Phi) is 4.20. The molecule has 0 unspecified atom stereocenters. The highest BCUT2D eigenvalue weighted by Gasteiger charge is 2.56. The number of carbonyl (C=O) groups excluding carboxylic acids is 3. The fourth-order valence-electron chi connectivity index (χ4n) is 4.51. The summed E-state index contributed by atoms with van der Waals surface area (Å²) < 4.78 is 5.99. The molecule has 0 bridgehead atoms. The van der Waals surface area contributed by atoms with Gasteiger partial charge in [0.15, 0.2) is 0 Å². The van der Waals surface area contributed by atoms with E-state index < -0.39 is 12.1 Å². The van der Waals surface area contributed by atoms with Crippen molar-refractivity contribution < 1.29 is 19.1 Å². The highest BCUT2D eigenvalue weighted by Crippen LogP contribution is 2.36. The Labute approximate surface area is 161 Å². The summed E-state index contributed by atoms with van der Waals surface area (Å²) in [7, 11) is 0. The molecule has 3 saturated heterocycles. The summed E-state index contributed by atoms with van der Waals surface area (Å²) >= 11 is 1.37. The highest BCUT2D eigenvalue weighted by molar-refractivity contribution is 7.12. The quantitative estimate of drug-likeness (QED) is 0.810. The van der Waals surface area contributed by atoms with E-state index >= 15 is 0 Å². The number of fused-ring (bicyclic) bond motifs is 2. The van der Waals surface area contributed by atoms with Crippen LogP contribution in [0, 0.1) is 5.92 Å². The van der Waals surface area contributed by atoms with Gasteiger partial charge in [0.1, 0.15) is 12.1 Å². The van der Waals surface area contributed by atoms with E-state index in [2.05, 4.69) is 5.32 Å². The topological polar surface area (TPSA) is 79.0 Å². The Balaban J connectivity index is 1.30. The number of ether oxygens (including phenoxy) is 1. The smallest absolute Gasteiger partial charge is 0.261 e. The van der Waals surface area contributed by atoms with Gasteiger partial charge in [-0.3, -0.25) is 14.4 Å². The first-order valence-electron chi connectivity index (χ1n) is 9.70. The molecule has 1 aliphatic carbocycles. The lowest BCUT2D eigenvalue weighted by atomic mass is 10.0. The molecule has 4 aliphatic rings. The lowest BCUT2D eigenvalue weighted by molar-refractivity contribution is -0.161. The van der Waals surface area contributed by atoms with Gasteiger partial charge in [-0.05, 0) is 43.0 Å². The van der Waals surface area contributed by atoms with Gasteiger partial charge >= 0.3 is 0 Å². The number of rotatable bonds is 5. The molecule has 4 heterocycles. The van der Waals surface area contributed by atoms with Crippen LogP contribution >= 0.6 is 11.3 Å². The van der Waals surface area contributed by atoms with Crippen molar-refractivity contribution in [2.45, 2.75) is 49.9 Å². The maximum absolute atomic E-state index is 13.1. The predicted molar refractivity (Wildman–Crippen MR) is 98.3 cm³/mol. The number of carbonyl (C=O) groups is 3. The lowest BCUT2D eigenvalue weighted by Gasteiger charge is -2.41.